The van der Waals surface area contributed by atoms with Crippen molar-refractivity contribution >= 4 is 17.7 Å². The van der Waals surface area contributed by atoms with Crippen molar-refractivity contribution < 1.29 is 19.0 Å². The van der Waals surface area contributed by atoms with E-state index >= 15 is 0 Å². The molecule has 5 nitrogen and oxygen atoms in total. The van der Waals surface area contributed by atoms with E-state index in [0.717, 1.165) is 0 Å². The van der Waals surface area contributed by atoms with Crippen molar-refractivity contribution in [3.63, 3.8) is 0 Å². The fourth-order valence-electron chi connectivity index (χ4n) is 1.34. The van der Waals surface area contributed by atoms with Crippen LogP contribution in [0.2, 0.25) is 0 Å². The highest BCUT2D eigenvalue weighted by molar-refractivity contribution is 5.88. The van der Waals surface area contributed by atoms with Crippen LogP contribution in [0, 0.1) is 0 Å². The molecule has 0 bridgehead atoms. The Hall–Kier alpha value is -2.17. The van der Waals surface area contributed by atoms with Crippen LogP contribution in [0.25, 0.3) is 6.08 Å². The molecule has 0 amide bonds. The molecule has 84 valence electrons. The highest BCUT2D eigenvalue weighted by Crippen LogP contribution is 2.36. The smallest absolute Gasteiger partial charge is 0.330 e. The Bertz CT molecular complexity index is 454. The van der Waals surface area contributed by atoms with Crippen molar-refractivity contribution in [3.8, 4) is 11.5 Å². The molecule has 5 heteroatoms. The SMILES string of the molecule is COC(=O)/C=C/c1cc2c(cc1N)OCO2. The minimum atomic E-state index is -0.433. The van der Waals surface area contributed by atoms with Crippen molar-refractivity contribution in [3.05, 3.63) is 23.8 Å². The van der Waals surface area contributed by atoms with Crippen LogP contribution in [0.4, 0.5) is 5.69 Å². The molecule has 2 N–H and O–H groups in total. The van der Waals surface area contributed by atoms with Gasteiger partial charge in [0, 0.05) is 23.4 Å². The quantitative estimate of drug-likeness (QED) is 0.461. The lowest BCUT2D eigenvalue weighted by atomic mass is 10.1. The average Bonchev–Trinajstić information content (AvgIpc) is 2.72. The molecule has 0 unspecified atom stereocenters. The second kappa shape index (κ2) is 4.14. The molecule has 1 aromatic rings. The lowest BCUT2D eigenvalue weighted by molar-refractivity contribution is -0.134. The Morgan fingerprint density at radius 1 is 1.44 bits per heavy atom. The third kappa shape index (κ3) is 1.93. The maximum absolute atomic E-state index is 10.9. The first-order valence-corrected chi connectivity index (χ1v) is 4.66. The molecule has 0 saturated heterocycles. The Balaban J connectivity index is 2.28. The number of ether oxygens (including phenoxy) is 3. The molecule has 0 aliphatic carbocycles. The van der Waals surface area contributed by atoms with Crippen LogP contribution in [-0.4, -0.2) is 19.9 Å². The predicted octanol–water partition coefficient (Wildman–Crippen LogP) is 1.18. The van der Waals surface area contributed by atoms with Crippen LogP contribution in [-0.2, 0) is 9.53 Å². The minimum absolute atomic E-state index is 0.193. The molecule has 0 fully saturated rings. The van der Waals surface area contributed by atoms with Crippen molar-refractivity contribution in [1.82, 2.24) is 0 Å². The highest BCUT2D eigenvalue weighted by Gasteiger charge is 2.15. The third-order valence-electron chi connectivity index (χ3n) is 2.18. The van der Waals surface area contributed by atoms with Crippen molar-refractivity contribution in [2.75, 3.05) is 19.6 Å². The summed E-state index contributed by atoms with van der Waals surface area (Å²) < 4.78 is 14.8. The fourth-order valence-corrected chi connectivity index (χ4v) is 1.34. The van der Waals surface area contributed by atoms with Gasteiger partial charge in [-0.3, -0.25) is 0 Å². The van der Waals surface area contributed by atoms with Crippen LogP contribution in [0.1, 0.15) is 5.56 Å². The summed E-state index contributed by atoms with van der Waals surface area (Å²) in [6, 6.07) is 3.39. The van der Waals surface area contributed by atoms with Gasteiger partial charge in [0.05, 0.1) is 7.11 Å². The molecule has 0 saturated carbocycles. The van der Waals surface area contributed by atoms with Crippen LogP contribution < -0.4 is 15.2 Å². The van der Waals surface area contributed by atoms with Gasteiger partial charge in [0.2, 0.25) is 6.79 Å². The first kappa shape index (κ1) is 10.4. The maximum Gasteiger partial charge on any atom is 0.330 e. The molecule has 1 aliphatic rings. The Morgan fingerprint density at radius 2 is 2.12 bits per heavy atom. The summed E-state index contributed by atoms with van der Waals surface area (Å²) in [4.78, 5) is 10.9. The number of esters is 1. The van der Waals surface area contributed by atoms with Gasteiger partial charge in [0.15, 0.2) is 11.5 Å². The average molecular weight is 221 g/mol. The first-order valence-electron chi connectivity index (χ1n) is 4.66. The predicted molar refractivity (Wildman–Crippen MR) is 58.0 cm³/mol. The van der Waals surface area contributed by atoms with E-state index in [4.69, 9.17) is 15.2 Å². The van der Waals surface area contributed by atoms with Crippen molar-refractivity contribution in [1.29, 1.82) is 0 Å². The summed E-state index contributed by atoms with van der Waals surface area (Å²) in [7, 11) is 1.32. The Labute approximate surface area is 92.4 Å². The molecule has 0 spiro atoms. The number of hydrogen-bond acceptors (Lipinski definition) is 5. The van der Waals surface area contributed by atoms with Gasteiger partial charge >= 0.3 is 5.97 Å². The second-order valence-corrected chi connectivity index (χ2v) is 3.19. The largest absolute Gasteiger partial charge is 0.466 e. The zero-order valence-corrected chi connectivity index (χ0v) is 8.73. The van der Waals surface area contributed by atoms with E-state index in [9.17, 15) is 4.79 Å². The van der Waals surface area contributed by atoms with Crippen LogP contribution >= 0.6 is 0 Å². The lowest BCUT2D eigenvalue weighted by Gasteiger charge is -2.02. The van der Waals surface area contributed by atoms with E-state index in [1.54, 1.807) is 18.2 Å². The summed E-state index contributed by atoms with van der Waals surface area (Å²) in [5.74, 6) is 0.809. The summed E-state index contributed by atoms with van der Waals surface area (Å²) in [5.41, 5.74) is 6.99. The lowest BCUT2D eigenvalue weighted by Crippen LogP contribution is -1.94. The van der Waals surface area contributed by atoms with Gasteiger partial charge < -0.3 is 19.9 Å². The maximum atomic E-state index is 10.9. The van der Waals surface area contributed by atoms with Crippen molar-refractivity contribution in [2.45, 2.75) is 0 Å². The Morgan fingerprint density at radius 3 is 2.81 bits per heavy atom. The van der Waals surface area contributed by atoms with E-state index in [2.05, 4.69) is 4.74 Å². The van der Waals surface area contributed by atoms with Gasteiger partial charge in [-0.05, 0) is 12.1 Å². The molecular formula is C11H11NO4. The number of fused-ring (bicyclic) bond motifs is 1. The number of anilines is 1. The van der Waals surface area contributed by atoms with E-state index in [0.29, 0.717) is 22.7 Å². The zero-order valence-electron chi connectivity index (χ0n) is 8.73. The summed E-state index contributed by atoms with van der Waals surface area (Å²) >= 11 is 0. The zero-order chi connectivity index (χ0) is 11.5. The number of hydrogen-bond donors (Lipinski definition) is 1. The summed E-state index contributed by atoms with van der Waals surface area (Å²) in [6.07, 6.45) is 2.87. The van der Waals surface area contributed by atoms with E-state index < -0.39 is 5.97 Å². The fraction of sp³-hybridized carbons (Fsp3) is 0.182. The van der Waals surface area contributed by atoms with Gasteiger partial charge in [0.1, 0.15) is 0 Å². The summed E-state index contributed by atoms with van der Waals surface area (Å²) in [6.45, 7) is 0.193. The van der Waals surface area contributed by atoms with Crippen molar-refractivity contribution in [2.24, 2.45) is 0 Å². The summed E-state index contributed by atoms with van der Waals surface area (Å²) in [5, 5.41) is 0. The minimum Gasteiger partial charge on any atom is -0.466 e. The molecular weight excluding hydrogens is 210 g/mol. The van der Waals surface area contributed by atoms with Gasteiger partial charge in [0.25, 0.3) is 0 Å². The number of methoxy groups -OCH3 is 1. The molecule has 0 aromatic heterocycles. The van der Waals surface area contributed by atoms with Gasteiger partial charge in [-0.15, -0.1) is 0 Å². The molecule has 1 heterocycles. The molecule has 1 aromatic carbocycles. The van der Waals surface area contributed by atoms with E-state index in [-0.39, 0.29) is 6.79 Å². The van der Waals surface area contributed by atoms with Gasteiger partial charge in [-0.1, -0.05) is 0 Å². The molecule has 0 atom stereocenters. The third-order valence-corrected chi connectivity index (χ3v) is 2.18. The normalized spacial score (nSPS) is 13.1. The molecule has 16 heavy (non-hydrogen) atoms. The second-order valence-electron chi connectivity index (χ2n) is 3.19. The monoisotopic (exact) mass is 221 g/mol. The highest BCUT2D eigenvalue weighted by atomic mass is 16.7. The molecule has 0 radical (unpaired) electrons. The number of rotatable bonds is 2. The Kier molecular flexibility index (Phi) is 2.68. The number of carbonyl (C=O) groups is 1. The molecule has 1 aliphatic heterocycles. The van der Waals surface area contributed by atoms with Gasteiger partial charge in [-0.25, -0.2) is 4.79 Å². The van der Waals surface area contributed by atoms with Gasteiger partial charge in [-0.2, -0.15) is 0 Å². The van der Waals surface area contributed by atoms with Crippen LogP contribution in [0.5, 0.6) is 11.5 Å². The van der Waals surface area contributed by atoms with Crippen LogP contribution in [0.3, 0.4) is 0 Å². The molecule has 2 rings (SSSR count). The topological polar surface area (TPSA) is 70.8 Å². The van der Waals surface area contributed by atoms with Crippen LogP contribution in [0.15, 0.2) is 18.2 Å². The van der Waals surface area contributed by atoms with E-state index in [1.807, 2.05) is 0 Å². The standard InChI is InChI=1S/C11H11NO4/c1-14-11(13)3-2-7-4-9-10(5-8(7)12)16-6-15-9/h2-5H,6,12H2,1H3/b3-2+. The number of nitrogens with two attached hydrogens (primary N) is 1. The first-order chi connectivity index (χ1) is 7.70. The number of benzene rings is 1. The van der Waals surface area contributed by atoms with E-state index in [1.165, 1.54) is 13.2 Å². The number of carbonyl (C=O) groups excluding carboxylic acids is 1. The number of nitrogen functional groups attached to an aromatic ring is 1.